The molecule has 3 aromatic carbocycles. The third-order valence-corrected chi connectivity index (χ3v) is 3.57. The number of fused-ring (bicyclic) bond motifs is 3. The highest BCUT2D eigenvalue weighted by Gasteiger charge is 2.04. The number of hydrogen-bond donors (Lipinski definition) is 2. The predicted octanol–water partition coefficient (Wildman–Crippen LogP) is 5.06. The van der Waals surface area contributed by atoms with Crippen molar-refractivity contribution in [3.63, 3.8) is 0 Å². The highest BCUT2D eigenvalue weighted by Crippen LogP contribution is 2.28. The number of H-pyrrole nitrogens is 1. The molecule has 0 aliphatic carbocycles. The molecule has 1 heterocycles. The first-order chi connectivity index (χ1) is 9.90. The van der Waals surface area contributed by atoms with Crippen LogP contribution in [0.3, 0.4) is 0 Å². The van der Waals surface area contributed by atoms with E-state index in [1.165, 1.54) is 21.8 Å². The summed E-state index contributed by atoms with van der Waals surface area (Å²) in [5, 5.41) is 5.95. The average molecular weight is 258 g/mol. The molecule has 4 aromatic rings. The summed E-state index contributed by atoms with van der Waals surface area (Å²) < 4.78 is 0. The zero-order valence-corrected chi connectivity index (χ0v) is 10.9. The fourth-order valence-corrected chi connectivity index (χ4v) is 2.61. The van der Waals surface area contributed by atoms with Gasteiger partial charge >= 0.3 is 0 Å². The number of nitrogens with one attached hydrogen (secondary N) is 2. The largest absolute Gasteiger partial charge is 0.356 e. The Bertz CT molecular complexity index is 876. The van der Waals surface area contributed by atoms with Gasteiger partial charge in [0.2, 0.25) is 0 Å². The van der Waals surface area contributed by atoms with Crippen LogP contribution in [0.15, 0.2) is 72.8 Å². The summed E-state index contributed by atoms with van der Waals surface area (Å²) in [5.74, 6) is 0. The van der Waals surface area contributed by atoms with Gasteiger partial charge in [0.1, 0.15) is 0 Å². The molecule has 1 aromatic heterocycles. The highest BCUT2D eigenvalue weighted by molar-refractivity contribution is 6.08. The molecule has 0 aliphatic heterocycles. The summed E-state index contributed by atoms with van der Waals surface area (Å²) in [7, 11) is 0. The highest BCUT2D eigenvalue weighted by atomic mass is 14.9. The molecular formula is C18H14N2. The van der Waals surface area contributed by atoms with E-state index >= 15 is 0 Å². The van der Waals surface area contributed by atoms with Crippen LogP contribution in [0.5, 0.6) is 0 Å². The summed E-state index contributed by atoms with van der Waals surface area (Å²) in [6.07, 6.45) is 0. The van der Waals surface area contributed by atoms with E-state index in [0.29, 0.717) is 0 Å². The quantitative estimate of drug-likeness (QED) is 0.516. The van der Waals surface area contributed by atoms with Crippen molar-refractivity contribution in [2.24, 2.45) is 0 Å². The van der Waals surface area contributed by atoms with Gasteiger partial charge in [-0.25, -0.2) is 0 Å². The number of para-hydroxylation sites is 2. The topological polar surface area (TPSA) is 27.8 Å². The number of hydrogen-bond acceptors (Lipinski definition) is 1. The van der Waals surface area contributed by atoms with E-state index in [-0.39, 0.29) is 0 Å². The van der Waals surface area contributed by atoms with Crippen LogP contribution in [0.4, 0.5) is 11.4 Å². The second-order valence-corrected chi connectivity index (χ2v) is 4.92. The van der Waals surface area contributed by atoms with E-state index in [2.05, 4.69) is 64.9 Å². The van der Waals surface area contributed by atoms with Crippen LogP contribution in [0, 0.1) is 0 Å². The lowest BCUT2D eigenvalue weighted by molar-refractivity contribution is 1.53. The average Bonchev–Trinajstić information content (AvgIpc) is 2.86. The van der Waals surface area contributed by atoms with Gasteiger partial charge in [-0.1, -0.05) is 36.4 Å². The zero-order chi connectivity index (χ0) is 13.4. The Kier molecular flexibility index (Phi) is 2.46. The minimum atomic E-state index is 1.10. The molecule has 2 heteroatoms. The monoisotopic (exact) mass is 258 g/mol. The minimum absolute atomic E-state index is 1.10. The maximum Gasteiger partial charge on any atom is 0.0466 e. The lowest BCUT2D eigenvalue weighted by Crippen LogP contribution is -1.88. The Morgan fingerprint density at radius 1 is 0.600 bits per heavy atom. The molecule has 0 unspecified atom stereocenters. The Hall–Kier alpha value is -2.74. The van der Waals surface area contributed by atoms with E-state index < -0.39 is 0 Å². The molecule has 0 bridgehead atoms. The number of anilines is 2. The summed E-state index contributed by atoms with van der Waals surface area (Å²) in [4.78, 5) is 3.44. The smallest absolute Gasteiger partial charge is 0.0466 e. The molecule has 0 radical (unpaired) electrons. The van der Waals surface area contributed by atoms with Crippen LogP contribution in [-0.4, -0.2) is 4.98 Å². The van der Waals surface area contributed by atoms with Crippen molar-refractivity contribution < 1.29 is 0 Å². The maximum atomic E-state index is 3.44. The second kappa shape index (κ2) is 4.42. The van der Waals surface area contributed by atoms with Crippen LogP contribution >= 0.6 is 0 Å². The van der Waals surface area contributed by atoms with Gasteiger partial charge in [-0.2, -0.15) is 0 Å². The van der Waals surface area contributed by atoms with Gasteiger partial charge in [-0.15, -0.1) is 0 Å². The Balaban J connectivity index is 1.83. The molecule has 4 rings (SSSR count). The van der Waals surface area contributed by atoms with Crippen molar-refractivity contribution in [3.8, 4) is 0 Å². The Morgan fingerprint density at radius 2 is 1.35 bits per heavy atom. The van der Waals surface area contributed by atoms with Gasteiger partial charge in [0.05, 0.1) is 0 Å². The predicted molar refractivity (Wildman–Crippen MR) is 85.5 cm³/mol. The molecule has 0 aliphatic rings. The lowest BCUT2D eigenvalue weighted by atomic mass is 10.1. The van der Waals surface area contributed by atoms with E-state index in [1.807, 2.05) is 18.2 Å². The SMILES string of the molecule is c1ccc(Nc2ccc3[nH]c4ccccc4c3c2)cc1. The van der Waals surface area contributed by atoms with E-state index in [1.54, 1.807) is 0 Å². The molecule has 0 saturated carbocycles. The molecule has 96 valence electrons. The zero-order valence-electron chi connectivity index (χ0n) is 10.9. The van der Waals surface area contributed by atoms with Crippen molar-refractivity contribution in [1.29, 1.82) is 0 Å². The molecule has 0 atom stereocenters. The number of aromatic amines is 1. The Labute approximate surface area is 117 Å². The van der Waals surface area contributed by atoms with Crippen LogP contribution in [-0.2, 0) is 0 Å². The molecular weight excluding hydrogens is 244 g/mol. The summed E-state index contributed by atoms with van der Waals surface area (Å²) in [5.41, 5.74) is 4.56. The molecule has 20 heavy (non-hydrogen) atoms. The van der Waals surface area contributed by atoms with Crippen molar-refractivity contribution >= 4 is 33.2 Å². The van der Waals surface area contributed by atoms with Crippen molar-refractivity contribution in [3.05, 3.63) is 72.8 Å². The normalized spacial score (nSPS) is 11.0. The van der Waals surface area contributed by atoms with Crippen molar-refractivity contribution in [2.45, 2.75) is 0 Å². The molecule has 0 saturated heterocycles. The van der Waals surface area contributed by atoms with Gasteiger partial charge < -0.3 is 10.3 Å². The van der Waals surface area contributed by atoms with Gasteiger partial charge in [-0.05, 0) is 36.4 Å². The summed E-state index contributed by atoms with van der Waals surface area (Å²) >= 11 is 0. The Morgan fingerprint density at radius 3 is 2.25 bits per heavy atom. The van der Waals surface area contributed by atoms with Crippen LogP contribution in [0.25, 0.3) is 21.8 Å². The van der Waals surface area contributed by atoms with E-state index in [4.69, 9.17) is 0 Å². The number of rotatable bonds is 2. The first-order valence-electron chi connectivity index (χ1n) is 6.73. The van der Waals surface area contributed by atoms with Gasteiger partial charge in [-0.3, -0.25) is 0 Å². The van der Waals surface area contributed by atoms with Crippen LogP contribution < -0.4 is 5.32 Å². The van der Waals surface area contributed by atoms with Crippen molar-refractivity contribution in [2.75, 3.05) is 5.32 Å². The van der Waals surface area contributed by atoms with Crippen LogP contribution in [0.1, 0.15) is 0 Å². The van der Waals surface area contributed by atoms with Gasteiger partial charge in [0.15, 0.2) is 0 Å². The lowest BCUT2D eigenvalue weighted by Gasteiger charge is -2.06. The van der Waals surface area contributed by atoms with Gasteiger partial charge in [0, 0.05) is 33.2 Å². The third-order valence-electron chi connectivity index (χ3n) is 3.57. The maximum absolute atomic E-state index is 3.44. The fourth-order valence-electron chi connectivity index (χ4n) is 2.61. The molecule has 2 nitrogen and oxygen atoms in total. The van der Waals surface area contributed by atoms with E-state index in [0.717, 1.165) is 11.4 Å². The summed E-state index contributed by atoms with van der Waals surface area (Å²) in [6.45, 7) is 0. The van der Waals surface area contributed by atoms with Crippen LogP contribution in [0.2, 0.25) is 0 Å². The summed E-state index contributed by atoms with van der Waals surface area (Å²) in [6, 6.07) is 25.0. The number of aromatic nitrogens is 1. The standard InChI is InChI=1S/C18H14N2/c1-2-6-13(7-3-1)19-14-10-11-18-16(12-14)15-8-4-5-9-17(15)20-18/h1-12,19-20H. The first kappa shape index (κ1) is 11.1. The molecule has 0 fully saturated rings. The van der Waals surface area contributed by atoms with Crippen molar-refractivity contribution in [1.82, 2.24) is 4.98 Å². The first-order valence-corrected chi connectivity index (χ1v) is 6.73. The number of benzene rings is 3. The van der Waals surface area contributed by atoms with Gasteiger partial charge in [0.25, 0.3) is 0 Å². The molecule has 2 N–H and O–H groups in total. The molecule has 0 spiro atoms. The third kappa shape index (κ3) is 1.82. The molecule has 0 amide bonds. The minimum Gasteiger partial charge on any atom is -0.356 e. The van der Waals surface area contributed by atoms with E-state index in [9.17, 15) is 0 Å². The fraction of sp³-hybridized carbons (Fsp3) is 0. The second-order valence-electron chi connectivity index (χ2n) is 4.92.